The zero-order valence-corrected chi connectivity index (χ0v) is 6.62. The molecule has 6 nitrogen and oxygen atoms in total. The largest absolute Gasteiger partial charge is 0.545 e. The van der Waals surface area contributed by atoms with Gasteiger partial charge in [-0.3, -0.25) is 0 Å². The highest BCUT2D eigenvalue weighted by Crippen LogP contribution is 1.64. The van der Waals surface area contributed by atoms with Crippen molar-refractivity contribution in [1.29, 1.82) is 0 Å². The molecule has 0 aromatic carbocycles. The number of aliphatic carboxylic acids is 2. The first-order valence-corrected chi connectivity index (χ1v) is 3.23. The molecular weight excluding hydrogens is 164 g/mol. The first-order chi connectivity index (χ1) is 5.54. The number of rotatable bonds is 3. The summed E-state index contributed by atoms with van der Waals surface area (Å²) in [6.45, 7) is 1.92. The molecule has 0 heterocycles. The van der Waals surface area contributed by atoms with Crippen molar-refractivity contribution in [1.82, 2.24) is 0 Å². The predicted octanol–water partition coefficient (Wildman–Crippen LogP) is -5.49. The van der Waals surface area contributed by atoms with E-state index >= 15 is 0 Å². The lowest BCUT2D eigenvalue weighted by Crippen LogP contribution is -2.64. The normalized spacial score (nSPS) is 8.83. The second kappa shape index (κ2) is 9.60. The topological polar surface area (TPSA) is 136 Å². The maximum atomic E-state index is 9.41. The van der Waals surface area contributed by atoms with Gasteiger partial charge in [-0.2, -0.15) is 0 Å². The average Bonchev–Trinajstić information content (AvgIpc) is 2.01. The van der Waals surface area contributed by atoms with Gasteiger partial charge in [0.15, 0.2) is 0 Å². The van der Waals surface area contributed by atoms with Gasteiger partial charge in [0.1, 0.15) is 13.1 Å². The first kappa shape index (κ1) is 13.2. The lowest BCUT2D eigenvalue weighted by atomic mass is 10.5. The van der Waals surface area contributed by atoms with E-state index in [1.54, 1.807) is 0 Å². The fourth-order valence-electron chi connectivity index (χ4n) is 0.136. The Morgan fingerprint density at radius 1 is 1.00 bits per heavy atom. The number of hydrogen-bond donors (Lipinski definition) is 2. The SMILES string of the molecule is O=C([O-])/C=C/C(=O)[O-].[NH3+]CC[NH3+]. The van der Waals surface area contributed by atoms with Gasteiger partial charge in [0.2, 0.25) is 0 Å². The number of quaternary nitrogens is 2. The molecule has 0 saturated heterocycles. The molecule has 0 radical (unpaired) electrons. The minimum absolute atomic E-state index is 0.384. The second-order valence-electron chi connectivity index (χ2n) is 1.68. The van der Waals surface area contributed by atoms with Crippen molar-refractivity contribution < 1.29 is 31.3 Å². The molecule has 70 valence electrons. The summed E-state index contributed by atoms with van der Waals surface area (Å²) < 4.78 is 0. The molecule has 12 heavy (non-hydrogen) atoms. The van der Waals surface area contributed by atoms with E-state index in [-0.39, 0.29) is 0 Å². The van der Waals surface area contributed by atoms with E-state index in [4.69, 9.17) is 0 Å². The van der Waals surface area contributed by atoms with E-state index in [0.717, 1.165) is 13.1 Å². The van der Waals surface area contributed by atoms with E-state index < -0.39 is 11.9 Å². The third-order valence-electron chi connectivity index (χ3n) is 0.605. The van der Waals surface area contributed by atoms with Crippen LogP contribution in [0.2, 0.25) is 0 Å². The summed E-state index contributed by atoms with van der Waals surface area (Å²) in [4.78, 5) is 18.8. The van der Waals surface area contributed by atoms with E-state index in [0.29, 0.717) is 12.2 Å². The highest BCUT2D eigenvalue weighted by molar-refractivity contribution is 5.87. The molecule has 0 rings (SSSR count). The molecule has 0 saturated carbocycles. The van der Waals surface area contributed by atoms with Crippen LogP contribution in [0.4, 0.5) is 0 Å². The van der Waals surface area contributed by atoms with Gasteiger partial charge in [-0.1, -0.05) is 0 Å². The highest BCUT2D eigenvalue weighted by Gasteiger charge is 1.71. The second-order valence-corrected chi connectivity index (χ2v) is 1.68. The lowest BCUT2D eigenvalue weighted by molar-refractivity contribution is -0.453. The van der Waals surface area contributed by atoms with Gasteiger partial charge in [-0.25, -0.2) is 0 Å². The number of carboxylic acids is 2. The summed E-state index contributed by atoms with van der Waals surface area (Å²) in [5.74, 6) is -3.09. The zero-order chi connectivity index (χ0) is 9.98. The maximum Gasteiger partial charge on any atom is 0.124 e. The minimum atomic E-state index is -1.55. The summed E-state index contributed by atoms with van der Waals surface area (Å²) in [6.07, 6.45) is 0.769. The Morgan fingerprint density at radius 3 is 1.33 bits per heavy atom. The summed E-state index contributed by atoms with van der Waals surface area (Å²) in [5.41, 5.74) is 7.08. The third kappa shape index (κ3) is 23.5. The number of hydrogen-bond acceptors (Lipinski definition) is 4. The Bertz CT molecular complexity index is 149. The highest BCUT2D eigenvalue weighted by atomic mass is 16.4. The van der Waals surface area contributed by atoms with Crippen LogP contribution in [0.15, 0.2) is 12.2 Å². The van der Waals surface area contributed by atoms with Crippen LogP contribution in [-0.2, 0) is 9.59 Å². The average molecular weight is 176 g/mol. The molecule has 0 aromatic heterocycles. The van der Waals surface area contributed by atoms with Crippen molar-refractivity contribution in [2.45, 2.75) is 0 Å². The fourth-order valence-corrected chi connectivity index (χ4v) is 0.136. The van der Waals surface area contributed by atoms with Gasteiger partial charge in [0.25, 0.3) is 0 Å². The van der Waals surface area contributed by atoms with Crippen LogP contribution in [0.5, 0.6) is 0 Å². The third-order valence-corrected chi connectivity index (χ3v) is 0.605. The maximum absolute atomic E-state index is 9.41. The van der Waals surface area contributed by atoms with E-state index in [9.17, 15) is 19.8 Å². The molecule has 0 bridgehead atoms. The fraction of sp³-hybridized carbons (Fsp3) is 0.333. The number of carbonyl (C=O) groups is 2. The number of carbonyl (C=O) groups excluding carboxylic acids is 2. The Labute approximate surface area is 69.5 Å². The van der Waals surface area contributed by atoms with Crippen molar-refractivity contribution in [3.63, 3.8) is 0 Å². The van der Waals surface area contributed by atoms with Gasteiger partial charge in [0, 0.05) is 0 Å². The monoisotopic (exact) mass is 176 g/mol. The lowest BCUT2D eigenvalue weighted by Gasteiger charge is -1.90. The molecule has 6 heteroatoms. The Balaban J connectivity index is 0. The zero-order valence-electron chi connectivity index (χ0n) is 6.62. The van der Waals surface area contributed by atoms with Crippen LogP contribution in [-0.4, -0.2) is 25.0 Å². The smallest absolute Gasteiger partial charge is 0.124 e. The molecule has 0 spiro atoms. The minimum Gasteiger partial charge on any atom is -0.545 e. The molecular formula is C6H12N2O4. The van der Waals surface area contributed by atoms with E-state index in [1.165, 1.54) is 0 Å². The Kier molecular flexibility index (Phi) is 10.6. The molecule has 0 aliphatic carbocycles. The first-order valence-electron chi connectivity index (χ1n) is 3.23. The quantitative estimate of drug-likeness (QED) is 0.414. The Hall–Kier alpha value is -1.40. The van der Waals surface area contributed by atoms with E-state index in [2.05, 4.69) is 11.5 Å². The molecule has 0 atom stereocenters. The van der Waals surface area contributed by atoms with Gasteiger partial charge >= 0.3 is 0 Å². The molecule has 0 aromatic rings. The molecule has 0 aliphatic heterocycles. The summed E-state index contributed by atoms with van der Waals surface area (Å²) in [6, 6.07) is 0. The van der Waals surface area contributed by atoms with Crippen molar-refractivity contribution in [2.75, 3.05) is 13.1 Å². The van der Waals surface area contributed by atoms with Gasteiger partial charge < -0.3 is 31.3 Å². The van der Waals surface area contributed by atoms with Gasteiger partial charge in [0.05, 0.1) is 11.9 Å². The molecule has 0 amide bonds. The van der Waals surface area contributed by atoms with Crippen LogP contribution < -0.4 is 21.7 Å². The van der Waals surface area contributed by atoms with Gasteiger partial charge in [-0.15, -0.1) is 0 Å². The van der Waals surface area contributed by atoms with Gasteiger partial charge in [-0.05, 0) is 12.2 Å². The van der Waals surface area contributed by atoms with Crippen molar-refractivity contribution in [2.24, 2.45) is 0 Å². The molecule has 6 N–H and O–H groups in total. The van der Waals surface area contributed by atoms with Crippen molar-refractivity contribution in [3.8, 4) is 0 Å². The summed E-state index contributed by atoms with van der Waals surface area (Å²) in [5, 5.41) is 18.8. The van der Waals surface area contributed by atoms with Crippen molar-refractivity contribution >= 4 is 11.9 Å². The van der Waals surface area contributed by atoms with Crippen LogP contribution in [0.3, 0.4) is 0 Å². The Morgan fingerprint density at radius 2 is 1.25 bits per heavy atom. The van der Waals surface area contributed by atoms with E-state index in [1.807, 2.05) is 0 Å². The summed E-state index contributed by atoms with van der Waals surface area (Å²) in [7, 11) is 0. The van der Waals surface area contributed by atoms with Crippen LogP contribution in [0, 0.1) is 0 Å². The molecule has 0 fully saturated rings. The van der Waals surface area contributed by atoms with Crippen LogP contribution in [0.1, 0.15) is 0 Å². The number of carboxylic acid groups (broad SMARTS) is 2. The van der Waals surface area contributed by atoms with Crippen molar-refractivity contribution in [3.05, 3.63) is 12.2 Å². The van der Waals surface area contributed by atoms with Crippen LogP contribution >= 0.6 is 0 Å². The summed E-state index contributed by atoms with van der Waals surface area (Å²) >= 11 is 0. The predicted molar refractivity (Wildman–Crippen MR) is 34.7 cm³/mol. The molecule has 0 unspecified atom stereocenters. The molecule has 0 aliphatic rings. The standard InChI is InChI=1S/C4H4O4.C2H8N2/c5-3(6)1-2-4(7)8;3-1-2-4/h1-2H,(H,5,6)(H,7,8);1-4H2/b2-1+;. The van der Waals surface area contributed by atoms with Crippen LogP contribution in [0.25, 0.3) is 0 Å².